The average molecular weight is 261 g/mol. The van der Waals surface area contributed by atoms with Gasteiger partial charge in [-0.25, -0.2) is 0 Å². The maximum absolute atomic E-state index is 12.0. The Balaban J connectivity index is 2.35. The first-order valence-electron chi connectivity index (χ1n) is 5.65. The zero-order chi connectivity index (χ0) is 13.3. The molecule has 0 fully saturated rings. The van der Waals surface area contributed by atoms with Crippen molar-refractivity contribution in [3.8, 4) is 5.75 Å². The Morgan fingerprint density at radius 2 is 2.00 bits per heavy atom. The molecule has 1 heterocycles. The number of aryl methyl sites for hydroxylation is 2. The van der Waals surface area contributed by atoms with Gasteiger partial charge in [0.05, 0.1) is 10.6 Å². The van der Waals surface area contributed by atoms with Crippen molar-refractivity contribution in [1.29, 1.82) is 0 Å². The van der Waals surface area contributed by atoms with E-state index in [0.717, 1.165) is 11.1 Å². The Morgan fingerprint density at radius 3 is 2.61 bits per heavy atom. The van der Waals surface area contributed by atoms with E-state index in [4.69, 9.17) is 0 Å². The molecule has 0 radical (unpaired) electrons. The molecule has 1 amide bonds. The van der Waals surface area contributed by atoms with Crippen LogP contribution in [0.15, 0.2) is 23.6 Å². The number of benzene rings is 1. The minimum atomic E-state index is -0.139. The van der Waals surface area contributed by atoms with Crippen molar-refractivity contribution in [2.24, 2.45) is 0 Å². The van der Waals surface area contributed by atoms with Crippen molar-refractivity contribution in [2.45, 2.75) is 20.8 Å². The van der Waals surface area contributed by atoms with Crippen molar-refractivity contribution >= 4 is 22.9 Å². The molecule has 0 aliphatic carbocycles. The van der Waals surface area contributed by atoms with Gasteiger partial charge in [-0.1, -0.05) is 12.1 Å². The second-order valence-corrected chi connectivity index (χ2v) is 5.24. The molecule has 0 saturated heterocycles. The minimum Gasteiger partial charge on any atom is -0.507 e. The van der Waals surface area contributed by atoms with Crippen LogP contribution in [-0.2, 0) is 0 Å². The predicted octanol–water partition coefficient (Wildman–Crippen LogP) is 3.63. The Labute approximate surface area is 110 Å². The summed E-state index contributed by atoms with van der Waals surface area (Å²) in [5, 5.41) is 14.6. The van der Waals surface area contributed by atoms with Gasteiger partial charge in [-0.15, -0.1) is 11.3 Å². The van der Waals surface area contributed by atoms with Crippen LogP contribution in [0.2, 0.25) is 0 Å². The molecule has 0 spiro atoms. The SMILES string of the molecule is Cc1cc(C)c(NC(=O)c2cccs2)c(C)c1O. The first kappa shape index (κ1) is 12.6. The number of anilines is 1. The molecule has 0 atom stereocenters. The molecule has 3 nitrogen and oxygen atoms in total. The van der Waals surface area contributed by atoms with Gasteiger partial charge in [0.2, 0.25) is 0 Å². The van der Waals surface area contributed by atoms with Gasteiger partial charge in [0.25, 0.3) is 5.91 Å². The van der Waals surface area contributed by atoms with E-state index >= 15 is 0 Å². The monoisotopic (exact) mass is 261 g/mol. The smallest absolute Gasteiger partial charge is 0.265 e. The molecule has 1 aromatic carbocycles. The maximum atomic E-state index is 12.0. The highest BCUT2D eigenvalue weighted by atomic mass is 32.1. The topological polar surface area (TPSA) is 49.3 Å². The molecule has 4 heteroatoms. The highest BCUT2D eigenvalue weighted by molar-refractivity contribution is 7.12. The van der Waals surface area contributed by atoms with Crippen LogP contribution in [0.5, 0.6) is 5.75 Å². The second-order valence-electron chi connectivity index (χ2n) is 4.29. The number of aromatic hydroxyl groups is 1. The zero-order valence-corrected chi connectivity index (χ0v) is 11.4. The highest BCUT2D eigenvalue weighted by Gasteiger charge is 2.14. The standard InChI is InChI=1S/C14H15NO2S/c1-8-7-9(2)13(16)10(3)12(8)15-14(17)11-5-4-6-18-11/h4-7,16H,1-3H3,(H,15,17). The van der Waals surface area contributed by atoms with E-state index in [0.29, 0.717) is 16.1 Å². The summed E-state index contributed by atoms with van der Waals surface area (Å²) < 4.78 is 0. The molecular weight excluding hydrogens is 246 g/mol. The number of rotatable bonds is 2. The molecule has 2 N–H and O–H groups in total. The molecule has 0 saturated carbocycles. The van der Waals surface area contributed by atoms with Crippen molar-refractivity contribution < 1.29 is 9.90 Å². The van der Waals surface area contributed by atoms with Crippen LogP contribution >= 0.6 is 11.3 Å². The molecule has 1 aromatic heterocycles. The van der Waals surface area contributed by atoms with Gasteiger partial charge in [-0.3, -0.25) is 4.79 Å². The van der Waals surface area contributed by atoms with E-state index in [9.17, 15) is 9.90 Å². The van der Waals surface area contributed by atoms with Gasteiger partial charge < -0.3 is 10.4 Å². The number of amides is 1. The maximum Gasteiger partial charge on any atom is 0.265 e. The molecule has 94 valence electrons. The molecule has 2 rings (SSSR count). The summed E-state index contributed by atoms with van der Waals surface area (Å²) in [5.41, 5.74) is 3.17. The molecule has 0 aliphatic heterocycles. The lowest BCUT2D eigenvalue weighted by molar-refractivity contribution is 0.103. The molecule has 18 heavy (non-hydrogen) atoms. The van der Waals surface area contributed by atoms with E-state index in [1.165, 1.54) is 11.3 Å². The van der Waals surface area contributed by atoms with Crippen LogP contribution < -0.4 is 5.32 Å². The lowest BCUT2D eigenvalue weighted by Crippen LogP contribution is -2.12. The van der Waals surface area contributed by atoms with E-state index in [-0.39, 0.29) is 11.7 Å². The molecule has 0 unspecified atom stereocenters. The highest BCUT2D eigenvalue weighted by Crippen LogP contribution is 2.32. The van der Waals surface area contributed by atoms with E-state index < -0.39 is 0 Å². The third-order valence-electron chi connectivity index (χ3n) is 2.91. The van der Waals surface area contributed by atoms with Crippen molar-refractivity contribution in [3.05, 3.63) is 45.1 Å². The summed E-state index contributed by atoms with van der Waals surface area (Å²) in [6, 6.07) is 5.48. The second kappa shape index (κ2) is 4.82. The fourth-order valence-corrected chi connectivity index (χ4v) is 2.57. The van der Waals surface area contributed by atoms with E-state index in [1.54, 1.807) is 13.0 Å². The Morgan fingerprint density at radius 1 is 1.28 bits per heavy atom. The van der Waals surface area contributed by atoms with Crippen LogP contribution in [0.25, 0.3) is 0 Å². The Hall–Kier alpha value is -1.81. The van der Waals surface area contributed by atoms with Gasteiger partial charge >= 0.3 is 0 Å². The van der Waals surface area contributed by atoms with Crippen LogP contribution in [0.3, 0.4) is 0 Å². The van der Waals surface area contributed by atoms with Gasteiger partial charge in [0, 0.05) is 5.56 Å². The number of phenols is 1. The van der Waals surface area contributed by atoms with Crippen molar-refractivity contribution in [2.75, 3.05) is 5.32 Å². The number of carbonyl (C=O) groups is 1. The average Bonchev–Trinajstić information content (AvgIpc) is 2.85. The van der Waals surface area contributed by atoms with Crippen molar-refractivity contribution in [1.82, 2.24) is 0 Å². The normalized spacial score (nSPS) is 10.4. The fraction of sp³-hybridized carbons (Fsp3) is 0.214. The van der Waals surface area contributed by atoms with E-state index in [1.807, 2.05) is 31.4 Å². The van der Waals surface area contributed by atoms with Gasteiger partial charge in [-0.05, 0) is 43.3 Å². The van der Waals surface area contributed by atoms with Crippen LogP contribution in [0.1, 0.15) is 26.4 Å². The first-order valence-corrected chi connectivity index (χ1v) is 6.53. The molecule has 2 aromatic rings. The van der Waals surface area contributed by atoms with Gasteiger partial charge in [-0.2, -0.15) is 0 Å². The van der Waals surface area contributed by atoms with Gasteiger partial charge in [0.15, 0.2) is 0 Å². The summed E-state index contributed by atoms with van der Waals surface area (Å²) in [5.74, 6) is 0.0986. The summed E-state index contributed by atoms with van der Waals surface area (Å²) in [7, 11) is 0. The quantitative estimate of drug-likeness (QED) is 0.867. The molecular formula is C14H15NO2S. The lowest BCUT2D eigenvalue weighted by atomic mass is 10.0. The summed E-state index contributed by atoms with van der Waals surface area (Å²) in [6.45, 7) is 5.57. The predicted molar refractivity (Wildman–Crippen MR) is 74.6 cm³/mol. The van der Waals surface area contributed by atoms with Crippen LogP contribution in [-0.4, -0.2) is 11.0 Å². The lowest BCUT2D eigenvalue weighted by Gasteiger charge is -2.14. The third kappa shape index (κ3) is 2.24. The van der Waals surface area contributed by atoms with Gasteiger partial charge in [0.1, 0.15) is 5.75 Å². The van der Waals surface area contributed by atoms with Crippen LogP contribution in [0.4, 0.5) is 5.69 Å². The third-order valence-corrected chi connectivity index (χ3v) is 3.78. The summed E-state index contributed by atoms with van der Waals surface area (Å²) in [4.78, 5) is 12.7. The first-order chi connectivity index (χ1) is 8.50. The zero-order valence-electron chi connectivity index (χ0n) is 10.6. The summed E-state index contributed by atoms with van der Waals surface area (Å²) in [6.07, 6.45) is 0. The molecule has 0 bridgehead atoms. The molecule has 0 aliphatic rings. The number of carbonyl (C=O) groups excluding carboxylic acids is 1. The van der Waals surface area contributed by atoms with E-state index in [2.05, 4.69) is 5.32 Å². The number of hydrogen-bond acceptors (Lipinski definition) is 3. The summed E-state index contributed by atoms with van der Waals surface area (Å²) >= 11 is 1.39. The number of phenolic OH excluding ortho intramolecular Hbond substituents is 1. The number of hydrogen-bond donors (Lipinski definition) is 2. The number of thiophene rings is 1. The fourth-order valence-electron chi connectivity index (χ4n) is 1.95. The number of nitrogens with one attached hydrogen (secondary N) is 1. The van der Waals surface area contributed by atoms with Crippen molar-refractivity contribution in [3.63, 3.8) is 0 Å². The Bertz CT molecular complexity index is 588. The largest absolute Gasteiger partial charge is 0.507 e. The minimum absolute atomic E-state index is 0.139. The Kier molecular flexibility index (Phi) is 3.39. The van der Waals surface area contributed by atoms with Crippen LogP contribution in [0, 0.1) is 20.8 Å².